The van der Waals surface area contributed by atoms with E-state index in [1.165, 1.54) is 0 Å². The molecule has 1 amide bonds. The van der Waals surface area contributed by atoms with Gasteiger partial charge in [-0.3, -0.25) is 4.79 Å². The van der Waals surface area contributed by atoms with Crippen LogP contribution in [-0.4, -0.2) is 36.5 Å². The normalized spacial score (nSPS) is 16.4. The van der Waals surface area contributed by atoms with Gasteiger partial charge >= 0.3 is 0 Å². The van der Waals surface area contributed by atoms with Crippen molar-refractivity contribution in [3.8, 4) is 5.75 Å². The smallest absolute Gasteiger partial charge is 0.223 e. The highest BCUT2D eigenvalue weighted by Crippen LogP contribution is 2.24. The topological polar surface area (TPSA) is 55.6 Å². The number of halogens is 1. The Hall–Kier alpha value is -0.820. The number of para-hydroxylation sites is 1. The Balaban J connectivity index is 1.84. The number of amides is 1. The largest absolute Gasteiger partial charge is 0.489 e. The van der Waals surface area contributed by atoms with Crippen molar-refractivity contribution in [3.05, 3.63) is 27.8 Å². The fourth-order valence-corrected chi connectivity index (χ4v) is 2.74. The molecule has 4 nitrogen and oxygen atoms in total. The summed E-state index contributed by atoms with van der Waals surface area (Å²) in [4.78, 5) is 13.6. The van der Waals surface area contributed by atoms with Gasteiger partial charge < -0.3 is 15.4 Å². The fourth-order valence-electron chi connectivity index (χ4n) is 2.22. The Labute approximate surface area is 127 Å². The lowest BCUT2D eigenvalue weighted by molar-refractivity contribution is -0.132. The lowest BCUT2D eigenvalue weighted by atomic mass is 10.1. The second-order valence-electron chi connectivity index (χ2n) is 4.67. The van der Waals surface area contributed by atoms with Crippen molar-refractivity contribution >= 4 is 28.5 Å². The number of ether oxygens (including phenoxy) is 1. The quantitative estimate of drug-likeness (QED) is 0.821. The second kappa shape index (κ2) is 7.09. The molecule has 104 valence electrons. The van der Waals surface area contributed by atoms with Crippen molar-refractivity contribution in [3.63, 3.8) is 0 Å². The Morgan fingerprint density at radius 1 is 1.37 bits per heavy atom. The molecule has 1 aromatic rings. The Morgan fingerprint density at radius 2 is 2.05 bits per heavy atom. The zero-order valence-corrected chi connectivity index (χ0v) is 13.0. The van der Waals surface area contributed by atoms with Crippen LogP contribution in [0.5, 0.6) is 5.75 Å². The minimum Gasteiger partial charge on any atom is -0.489 e. The standard InChI is InChI=1S/C14H19IN2O2/c15-12-3-1-2-4-13(12)19-11-6-9-17(10-7-11)14(18)5-8-16/h1-4,11H,5-10,16H2. The van der Waals surface area contributed by atoms with E-state index in [4.69, 9.17) is 10.5 Å². The molecule has 2 N–H and O–H groups in total. The first-order valence-electron chi connectivity index (χ1n) is 6.59. The lowest BCUT2D eigenvalue weighted by Gasteiger charge is -2.32. The zero-order valence-electron chi connectivity index (χ0n) is 10.8. The Morgan fingerprint density at radius 3 is 2.68 bits per heavy atom. The predicted molar refractivity (Wildman–Crippen MR) is 83.1 cm³/mol. The van der Waals surface area contributed by atoms with Crippen LogP contribution in [0.3, 0.4) is 0 Å². The van der Waals surface area contributed by atoms with E-state index >= 15 is 0 Å². The molecule has 0 saturated carbocycles. The summed E-state index contributed by atoms with van der Waals surface area (Å²) in [6, 6.07) is 8.02. The molecule has 2 rings (SSSR count). The maximum atomic E-state index is 11.7. The monoisotopic (exact) mass is 374 g/mol. The molecule has 0 aromatic heterocycles. The molecular formula is C14H19IN2O2. The zero-order chi connectivity index (χ0) is 13.7. The number of nitrogens with zero attached hydrogens (tertiary/aromatic N) is 1. The minimum absolute atomic E-state index is 0.162. The van der Waals surface area contributed by atoms with Crippen LogP contribution in [-0.2, 0) is 4.79 Å². The number of nitrogens with two attached hydrogens (primary N) is 1. The van der Waals surface area contributed by atoms with Crippen molar-refractivity contribution in [2.45, 2.75) is 25.4 Å². The van der Waals surface area contributed by atoms with Gasteiger partial charge in [0.25, 0.3) is 0 Å². The van der Waals surface area contributed by atoms with Crippen LogP contribution in [0.25, 0.3) is 0 Å². The number of benzene rings is 1. The van der Waals surface area contributed by atoms with Gasteiger partial charge in [-0.15, -0.1) is 0 Å². The molecular weight excluding hydrogens is 355 g/mol. The van der Waals surface area contributed by atoms with E-state index in [9.17, 15) is 4.79 Å². The summed E-state index contributed by atoms with van der Waals surface area (Å²) >= 11 is 2.28. The first-order chi connectivity index (χ1) is 9.20. The van der Waals surface area contributed by atoms with E-state index in [0.717, 1.165) is 35.3 Å². The van der Waals surface area contributed by atoms with Crippen molar-refractivity contribution in [2.75, 3.05) is 19.6 Å². The summed E-state index contributed by atoms with van der Waals surface area (Å²) in [5, 5.41) is 0. The van der Waals surface area contributed by atoms with Crippen LogP contribution in [0.4, 0.5) is 0 Å². The van der Waals surface area contributed by atoms with Gasteiger partial charge in [0.1, 0.15) is 11.9 Å². The number of carbonyl (C=O) groups excluding carboxylic acids is 1. The highest BCUT2D eigenvalue weighted by Gasteiger charge is 2.23. The van der Waals surface area contributed by atoms with Gasteiger partial charge in [0.15, 0.2) is 0 Å². The third-order valence-corrected chi connectivity index (χ3v) is 4.17. The molecule has 1 aliphatic heterocycles. The number of piperidine rings is 1. The van der Waals surface area contributed by atoms with E-state index < -0.39 is 0 Å². The SMILES string of the molecule is NCCC(=O)N1CCC(Oc2ccccc2I)CC1. The minimum atomic E-state index is 0.162. The van der Waals surface area contributed by atoms with Gasteiger partial charge in [-0.25, -0.2) is 0 Å². The van der Waals surface area contributed by atoms with Crippen molar-refractivity contribution in [2.24, 2.45) is 5.73 Å². The highest BCUT2D eigenvalue weighted by atomic mass is 127. The van der Waals surface area contributed by atoms with E-state index in [0.29, 0.717) is 13.0 Å². The summed E-state index contributed by atoms with van der Waals surface area (Å²) in [6.07, 6.45) is 2.43. The molecule has 0 radical (unpaired) electrons. The van der Waals surface area contributed by atoms with Gasteiger partial charge in [0.05, 0.1) is 3.57 Å². The van der Waals surface area contributed by atoms with Crippen LogP contribution >= 0.6 is 22.6 Å². The van der Waals surface area contributed by atoms with Crippen LogP contribution in [0, 0.1) is 3.57 Å². The van der Waals surface area contributed by atoms with Crippen LogP contribution < -0.4 is 10.5 Å². The predicted octanol–water partition coefficient (Wildman–Crippen LogP) is 2.01. The molecule has 0 aliphatic carbocycles. The number of likely N-dealkylation sites (tertiary alicyclic amines) is 1. The Kier molecular flexibility index (Phi) is 5.45. The fraction of sp³-hybridized carbons (Fsp3) is 0.500. The van der Waals surface area contributed by atoms with Crippen molar-refractivity contribution in [1.29, 1.82) is 0 Å². The van der Waals surface area contributed by atoms with Crippen LogP contribution in [0.1, 0.15) is 19.3 Å². The molecule has 1 heterocycles. The molecule has 19 heavy (non-hydrogen) atoms. The molecule has 0 bridgehead atoms. The first kappa shape index (κ1) is 14.6. The molecule has 0 unspecified atom stereocenters. The summed E-state index contributed by atoms with van der Waals surface area (Å²) in [6.45, 7) is 1.97. The molecule has 1 saturated heterocycles. The maximum Gasteiger partial charge on any atom is 0.223 e. The van der Waals surface area contributed by atoms with E-state index in [2.05, 4.69) is 22.6 Å². The van der Waals surface area contributed by atoms with Crippen molar-refractivity contribution < 1.29 is 9.53 Å². The Bertz CT molecular complexity index is 431. The number of hydrogen-bond acceptors (Lipinski definition) is 3. The van der Waals surface area contributed by atoms with Crippen LogP contribution in [0.15, 0.2) is 24.3 Å². The van der Waals surface area contributed by atoms with E-state index in [-0.39, 0.29) is 12.0 Å². The summed E-state index contributed by atoms with van der Waals surface area (Å²) in [5.74, 6) is 1.10. The molecule has 0 spiro atoms. The van der Waals surface area contributed by atoms with Crippen LogP contribution in [0.2, 0.25) is 0 Å². The van der Waals surface area contributed by atoms with Gasteiger partial charge in [0, 0.05) is 38.9 Å². The number of hydrogen-bond donors (Lipinski definition) is 1. The summed E-state index contributed by atoms with van der Waals surface area (Å²) in [5.41, 5.74) is 5.41. The highest BCUT2D eigenvalue weighted by molar-refractivity contribution is 14.1. The van der Waals surface area contributed by atoms with E-state index in [1.54, 1.807) is 0 Å². The average molecular weight is 374 g/mol. The van der Waals surface area contributed by atoms with Gasteiger partial charge in [-0.1, -0.05) is 12.1 Å². The molecule has 5 heteroatoms. The van der Waals surface area contributed by atoms with Gasteiger partial charge in [0.2, 0.25) is 5.91 Å². The average Bonchev–Trinajstić information content (AvgIpc) is 2.42. The van der Waals surface area contributed by atoms with Gasteiger partial charge in [-0.05, 0) is 34.7 Å². The lowest BCUT2D eigenvalue weighted by Crippen LogP contribution is -2.42. The molecule has 1 fully saturated rings. The second-order valence-corrected chi connectivity index (χ2v) is 5.83. The molecule has 1 aliphatic rings. The maximum absolute atomic E-state index is 11.7. The molecule has 1 aromatic carbocycles. The number of carbonyl (C=O) groups is 1. The summed E-state index contributed by atoms with van der Waals surface area (Å²) < 4.78 is 7.13. The number of rotatable bonds is 4. The van der Waals surface area contributed by atoms with E-state index in [1.807, 2.05) is 29.2 Å². The van der Waals surface area contributed by atoms with Gasteiger partial charge in [-0.2, -0.15) is 0 Å². The van der Waals surface area contributed by atoms with Crippen molar-refractivity contribution in [1.82, 2.24) is 4.90 Å². The molecule has 0 atom stereocenters. The first-order valence-corrected chi connectivity index (χ1v) is 7.67. The summed E-state index contributed by atoms with van der Waals surface area (Å²) in [7, 11) is 0. The third kappa shape index (κ3) is 4.07. The third-order valence-electron chi connectivity index (χ3n) is 3.28.